The van der Waals surface area contributed by atoms with E-state index in [1.165, 1.54) is 24.4 Å². The maximum atomic E-state index is 13.9. The van der Waals surface area contributed by atoms with Crippen LogP contribution in [0.15, 0.2) is 40.2 Å². The third-order valence-corrected chi connectivity index (χ3v) is 7.66. The highest BCUT2D eigenvalue weighted by Crippen LogP contribution is 2.26. The summed E-state index contributed by atoms with van der Waals surface area (Å²) in [7, 11) is -4.00. The number of halogens is 2. The average Bonchev–Trinajstić information content (AvgIpc) is 3.39. The van der Waals surface area contributed by atoms with Gasteiger partial charge in [0.1, 0.15) is 21.8 Å². The topological polar surface area (TPSA) is 133 Å². The Bertz CT molecular complexity index is 1190. The summed E-state index contributed by atoms with van der Waals surface area (Å²) >= 11 is 6.03. The van der Waals surface area contributed by atoms with Gasteiger partial charge in [0.15, 0.2) is 0 Å². The van der Waals surface area contributed by atoms with Crippen LogP contribution in [0.3, 0.4) is 0 Å². The van der Waals surface area contributed by atoms with Crippen molar-refractivity contribution >= 4 is 33.4 Å². The zero-order chi connectivity index (χ0) is 23.6. The van der Waals surface area contributed by atoms with Crippen molar-refractivity contribution < 1.29 is 22.3 Å². The number of nitrogens with zero attached hydrogens (tertiary/aromatic N) is 2. The zero-order valence-corrected chi connectivity index (χ0v) is 19.0. The lowest BCUT2D eigenvalue weighted by Gasteiger charge is -2.19. The van der Waals surface area contributed by atoms with Gasteiger partial charge >= 0.3 is 6.09 Å². The van der Waals surface area contributed by atoms with Crippen molar-refractivity contribution in [3.05, 3.63) is 51.7 Å². The van der Waals surface area contributed by atoms with Crippen LogP contribution in [-0.2, 0) is 14.8 Å². The molecule has 0 spiro atoms. The molecule has 0 unspecified atom stereocenters. The highest BCUT2D eigenvalue weighted by atomic mass is 35.5. The Morgan fingerprint density at radius 3 is 2.79 bits per heavy atom. The molecule has 0 radical (unpaired) electrons. The molecule has 33 heavy (non-hydrogen) atoms. The molecule has 1 aromatic heterocycles. The number of anilines is 1. The van der Waals surface area contributed by atoms with Crippen LogP contribution < -0.4 is 20.5 Å². The Balaban J connectivity index is 1.26. The lowest BCUT2D eigenvalue weighted by Crippen LogP contribution is -2.39. The fourth-order valence-electron chi connectivity index (χ4n) is 4.16. The predicted octanol–water partition coefficient (Wildman–Crippen LogP) is 1.77. The Kier molecular flexibility index (Phi) is 6.86. The van der Waals surface area contributed by atoms with Crippen LogP contribution in [0.25, 0.3) is 0 Å². The normalized spacial score (nSPS) is 23.0. The molecule has 178 valence electrons. The molecule has 3 atom stereocenters. The molecule has 2 heterocycles. The molecular formula is C20H23ClFN5O5S. The van der Waals surface area contributed by atoms with Gasteiger partial charge in [-0.15, -0.1) is 0 Å². The van der Waals surface area contributed by atoms with Crippen molar-refractivity contribution in [2.75, 3.05) is 18.0 Å². The first-order chi connectivity index (χ1) is 15.7. The lowest BCUT2D eigenvalue weighted by atomic mass is 10.2. The molecular weight excluding hydrogens is 477 g/mol. The number of aromatic nitrogens is 2. The van der Waals surface area contributed by atoms with Crippen molar-refractivity contribution in [2.24, 2.45) is 0 Å². The first kappa shape index (κ1) is 23.5. The van der Waals surface area contributed by atoms with Gasteiger partial charge in [-0.3, -0.25) is 4.79 Å². The van der Waals surface area contributed by atoms with Crippen molar-refractivity contribution in [1.29, 1.82) is 0 Å². The fraction of sp³-hybridized carbons (Fsp3) is 0.450. The van der Waals surface area contributed by atoms with E-state index in [1.807, 2.05) is 4.90 Å². The average molecular weight is 500 g/mol. The number of alkyl carbamates (subject to hydrolysis) is 1. The number of ether oxygens (including phenoxy) is 1. The summed E-state index contributed by atoms with van der Waals surface area (Å²) in [5, 5.41) is 8.80. The second-order valence-electron chi connectivity index (χ2n) is 8.06. The summed E-state index contributed by atoms with van der Waals surface area (Å²) in [6.45, 7) is 0.917. The Morgan fingerprint density at radius 2 is 2.00 bits per heavy atom. The minimum absolute atomic E-state index is 0.0323. The van der Waals surface area contributed by atoms with Crippen LogP contribution in [0, 0.1) is 5.82 Å². The monoisotopic (exact) mass is 499 g/mol. The highest BCUT2D eigenvalue weighted by Gasteiger charge is 2.32. The van der Waals surface area contributed by atoms with E-state index in [2.05, 4.69) is 20.2 Å². The number of H-pyrrole nitrogens is 1. The van der Waals surface area contributed by atoms with E-state index in [0.29, 0.717) is 44.5 Å². The Hall–Kier alpha value is -2.70. The second kappa shape index (κ2) is 9.65. The molecule has 1 saturated carbocycles. The third kappa shape index (κ3) is 5.45. The minimum Gasteiger partial charge on any atom is -0.444 e. The summed E-state index contributed by atoms with van der Waals surface area (Å²) in [6, 6.07) is 4.48. The summed E-state index contributed by atoms with van der Waals surface area (Å²) in [6.07, 6.45) is 2.46. The molecule has 2 aromatic rings. The molecule has 2 fully saturated rings. The minimum atomic E-state index is -4.00. The molecule has 10 nitrogen and oxygen atoms in total. The van der Waals surface area contributed by atoms with Crippen molar-refractivity contribution in [3.63, 3.8) is 0 Å². The number of nitrogens with one attached hydrogen (secondary N) is 3. The van der Waals surface area contributed by atoms with Gasteiger partial charge in [-0.1, -0.05) is 23.7 Å². The molecule has 3 N–H and O–H groups in total. The van der Waals surface area contributed by atoms with Gasteiger partial charge in [-0.2, -0.15) is 5.10 Å². The largest absolute Gasteiger partial charge is 0.444 e. The standard InChI is InChI=1S/C20H23ClFN5O5S/c21-18-16(10-23-25-19(18)28)27-8-7-14(11-27)32-20(29)24-12-5-6-13(9-12)26-33(30,31)17-4-2-1-3-15(17)22/h1-4,10,12-14,26H,5-9,11H2,(H,24,29)(H,25,28)/t12-,13+,14-/m1/s1. The number of aromatic amines is 1. The lowest BCUT2D eigenvalue weighted by molar-refractivity contribution is 0.105. The smallest absolute Gasteiger partial charge is 0.407 e. The van der Waals surface area contributed by atoms with Crippen LogP contribution in [0.4, 0.5) is 14.9 Å². The first-order valence-electron chi connectivity index (χ1n) is 10.4. The van der Waals surface area contributed by atoms with E-state index < -0.39 is 44.5 Å². The number of carbonyl (C=O) groups excluding carboxylic acids is 1. The number of rotatable bonds is 6. The fourth-order valence-corrected chi connectivity index (χ4v) is 5.73. The number of benzene rings is 1. The number of sulfonamides is 1. The summed E-state index contributed by atoms with van der Waals surface area (Å²) < 4.78 is 46.8. The molecule has 1 aliphatic heterocycles. The molecule has 1 aliphatic carbocycles. The number of carbonyl (C=O) groups is 1. The number of hydrogen-bond acceptors (Lipinski definition) is 7. The molecule has 1 amide bonds. The van der Waals surface area contributed by atoms with Gasteiger partial charge < -0.3 is 15.0 Å². The maximum Gasteiger partial charge on any atom is 0.407 e. The van der Waals surface area contributed by atoms with Crippen molar-refractivity contribution in [3.8, 4) is 0 Å². The molecule has 1 saturated heterocycles. The van der Waals surface area contributed by atoms with Gasteiger partial charge in [-0.25, -0.2) is 27.4 Å². The molecule has 0 bridgehead atoms. The summed E-state index contributed by atoms with van der Waals surface area (Å²) in [4.78, 5) is 25.4. The quantitative estimate of drug-likeness (QED) is 0.551. The van der Waals surface area contributed by atoms with E-state index in [9.17, 15) is 22.4 Å². The zero-order valence-electron chi connectivity index (χ0n) is 17.5. The number of amides is 1. The maximum absolute atomic E-state index is 13.9. The summed E-state index contributed by atoms with van der Waals surface area (Å²) in [5.74, 6) is -0.816. The van der Waals surface area contributed by atoms with Gasteiger partial charge in [0.05, 0.1) is 18.4 Å². The Morgan fingerprint density at radius 1 is 1.24 bits per heavy atom. The van der Waals surface area contributed by atoms with Gasteiger partial charge in [0, 0.05) is 25.0 Å². The van der Waals surface area contributed by atoms with E-state index in [-0.39, 0.29) is 11.1 Å². The predicted molar refractivity (Wildman–Crippen MR) is 118 cm³/mol. The van der Waals surface area contributed by atoms with E-state index >= 15 is 0 Å². The molecule has 1 aromatic carbocycles. The van der Waals surface area contributed by atoms with E-state index in [1.54, 1.807) is 0 Å². The van der Waals surface area contributed by atoms with Crippen LogP contribution in [-0.4, -0.2) is 56.0 Å². The van der Waals surface area contributed by atoms with Gasteiger partial charge in [0.25, 0.3) is 5.56 Å². The van der Waals surface area contributed by atoms with Crippen molar-refractivity contribution in [2.45, 2.75) is 48.8 Å². The van der Waals surface area contributed by atoms with Crippen molar-refractivity contribution in [1.82, 2.24) is 20.2 Å². The first-order valence-corrected chi connectivity index (χ1v) is 12.3. The van der Waals surface area contributed by atoms with Crippen LogP contribution in [0.2, 0.25) is 5.02 Å². The highest BCUT2D eigenvalue weighted by molar-refractivity contribution is 7.89. The summed E-state index contributed by atoms with van der Waals surface area (Å²) in [5.41, 5.74) is -0.00890. The van der Waals surface area contributed by atoms with Gasteiger partial charge in [-0.05, 0) is 31.4 Å². The molecule has 4 rings (SSSR count). The Labute approximate surface area is 194 Å². The third-order valence-electron chi connectivity index (χ3n) is 5.74. The molecule has 13 heteroatoms. The van der Waals surface area contributed by atoms with E-state index in [4.69, 9.17) is 16.3 Å². The number of hydrogen-bond donors (Lipinski definition) is 3. The van der Waals surface area contributed by atoms with Crippen LogP contribution in [0.5, 0.6) is 0 Å². The molecule has 2 aliphatic rings. The van der Waals surface area contributed by atoms with Crippen LogP contribution in [0.1, 0.15) is 25.7 Å². The van der Waals surface area contributed by atoms with Crippen LogP contribution >= 0.6 is 11.6 Å². The SMILES string of the molecule is O=C(N[C@@H]1CC[C@H](NS(=O)(=O)c2ccccc2F)C1)O[C@@H]1CCN(c2cn[nH]c(=O)c2Cl)C1. The van der Waals surface area contributed by atoms with E-state index in [0.717, 1.165) is 6.07 Å². The second-order valence-corrected chi connectivity index (χ2v) is 10.1. The van der Waals surface area contributed by atoms with Gasteiger partial charge in [0.2, 0.25) is 10.0 Å².